The van der Waals surface area contributed by atoms with Gasteiger partial charge in [0.25, 0.3) is 0 Å². The smallest absolute Gasteiger partial charge is 0.129 e. The number of piperazine rings is 1. The molecular weight excluding hydrogens is 362 g/mol. The first-order chi connectivity index (χ1) is 13.6. The highest BCUT2D eigenvalue weighted by atomic mass is 32.1. The fraction of sp³-hybridized carbons (Fsp3) is 0.583. The number of aromatic nitrogens is 1. The molecule has 0 saturated carbocycles. The van der Waals surface area contributed by atoms with Crippen molar-refractivity contribution in [1.29, 1.82) is 0 Å². The van der Waals surface area contributed by atoms with Gasteiger partial charge in [-0.25, -0.2) is 4.98 Å². The third kappa shape index (κ3) is 5.51. The summed E-state index contributed by atoms with van der Waals surface area (Å²) in [5.41, 5.74) is 3.74. The molecule has 0 amide bonds. The van der Waals surface area contributed by atoms with Gasteiger partial charge in [0.05, 0.1) is 5.52 Å². The summed E-state index contributed by atoms with van der Waals surface area (Å²) in [7, 11) is 0. The van der Waals surface area contributed by atoms with Crippen LogP contribution < -0.4 is 4.90 Å². The number of fused-ring (bicyclic) bond motifs is 1. The van der Waals surface area contributed by atoms with Gasteiger partial charge in [-0.1, -0.05) is 51.4 Å². The Bertz CT molecular complexity index is 794. The Balaban J connectivity index is 1.68. The van der Waals surface area contributed by atoms with Gasteiger partial charge in [-0.05, 0) is 60.5 Å². The summed E-state index contributed by atoms with van der Waals surface area (Å²) in [4.78, 5) is 11.1. The van der Waals surface area contributed by atoms with Crippen LogP contribution in [0.1, 0.15) is 57.1 Å². The van der Waals surface area contributed by atoms with Gasteiger partial charge in [0.2, 0.25) is 0 Å². The Kier molecular flexibility index (Phi) is 7.81. The molecule has 2 aromatic rings. The lowest BCUT2D eigenvalue weighted by Crippen LogP contribution is -2.46. The van der Waals surface area contributed by atoms with Crippen molar-refractivity contribution in [3.63, 3.8) is 0 Å². The Morgan fingerprint density at radius 1 is 1.04 bits per heavy atom. The summed E-state index contributed by atoms with van der Waals surface area (Å²) in [5, 5.41) is 1.27. The van der Waals surface area contributed by atoms with E-state index < -0.39 is 0 Å². The number of hydrogen-bond acceptors (Lipinski definition) is 4. The zero-order chi connectivity index (χ0) is 19.9. The lowest BCUT2D eigenvalue weighted by molar-refractivity contribution is 0.270. The van der Waals surface area contributed by atoms with Crippen LogP contribution in [0.4, 0.5) is 5.82 Å². The fourth-order valence-corrected chi connectivity index (χ4v) is 4.36. The number of unbranched alkanes of at least 4 members (excludes halogenated alkanes) is 3. The fourth-order valence-electron chi connectivity index (χ4n) is 4.05. The van der Waals surface area contributed by atoms with Crippen LogP contribution in [-0.2, 0) is 6.42 Å². The van der Waals surface area contributed by atoms with Gasteiger partial charge in [-0.2, -0.15) is 0 Å². The molecule has 0 N–H and O–H groups in total. The average molecular weight is 398 g/mol. The van der Waals surface area contributed by atoms with Crippen molar-refractivity contribution in [2.45, 2.75) is 59.3 Å². The molecule has 0 bridgehead atoms. The number of likely N-dealkylation sites (N-methyl/N-ethyl adjacent to an activating group) is 1. The van der Waals surface area contributed by atoms with Crippen LogP contribution in [0.25, 0.3) is 10.9 Å². The zero-order valence-electron chi connectivity index (χ0n) is 17.8. The average Bonchev–Trinajstić information content (AvgIpc) is 2.71. The first-order valence-corrected chi connectivity index (χ1v) is 11.4. The van der Waals surface area contributed by atoms with E-state index in [0.717, 1.165) is 56.9 Å². The van der Waals surface area contributed by atoms with Crippen molar-refractivity contribution < 1.29 is 0 Å². The van der Waals surface area contributed by atoms with Crippen molar-refractivity contribution in [2.75, 3.05) is 37.6 Å². The molecule has 4 heteroatoms. The maximum Gasteiger partial charge on any atom is 0.129 e. The highest BCUT2D eigenvalue weighted by Gasteiger charge is 2.17. The second-order valence-electron chi connectivity index (χ2n) is 8.10. The first-order valence-electron chi connectivity index (χ1n) is 11.0. The van der Waals surface area contributed by atoms with Crippen molar-refractivity contribution >= 4 is 33.8 Å². The van der Waals surface area contributed by atoms with Crippen LogP contribution in [0.5, 0.6) is 0 Å². The third-order valence-electron chi connectivity index (χ3n) is 5.92. The molecule has 1 aliphatic heterocycles. The van der Waals surface area contributed by atoms with Gasteiger partial charge in [0.1, 0.15) is 5.82 Å². The standard InChI is InChI=1S/C24H35N3S/c1-4-6-7-8-9-21(28)17-20-10-11-23-22(18-20)19(3)16-24(25-23)27-14-12-26(5-2)13-15-27/h10-11,16,18H,4-9,12-15,17H2,1-3H3. The summed E-state index contributed by atoms with van der Waals surface area (Å²) < 4.78 is 0. The molecule has 0 aliphatic carbocycles. The summed E-state index contributed by atoms with van der Waals surface area (Å²) in [6.45, 7) is 12.2. The van der Waals surface area contributed by atoms with Crippen LogP contribution in [0, 0.1) is 6.92 Å². The number of aryl methyl sites for hydroxylation is 1. The summed E-state index contributed by atoms with van der Waals surface area (Å²) in [5.74, 6) is 1.12. The number of benzene rings is 1. The van der Waals surface area contributed by atoms with Gasteiger partial charge in [0, 0.05) is 38.0 Å². The van der Waals surface area contributed by atoms with Gasteiger partial charge in [0.15, 0.2) is 0 Å². The maximum absolute atomic E-state index is 5.64. The molecule has 3 nitrogen and oxygen atoms in total. The van der Waals surface area contributed by atoms with Crippen LogP contribution in [0.2, 0.25) is 0 Å². The van der Waals surface area contributed by atoms with E-state index in [-0.39, 0.29) is 0 Å². The molecule has 1 aliphatic rings. The van der Waals surface area contributed by atoms with Gasteiger partial charge < -0.3 is 9.80 Å². The first kappa shape index (κ1) is 21.2. The molecule has 3 rings (SSSR count). The number of anilines is 1. The molecule has 152 valence electrons. The molecule has 1 fully saturated rings. The Hall–Kier alpha value is -1.52. The van der Waals surface area contributed by atoms with Crippen molar-refractivity contribution in [1.82, 2.24) is 9.88 Å². The van der Waals surface area contributed by atoms with Crippen molar-refractivity contribution in [2.24, 2.45) is 0 Å². The van der Waals surface area contributed by atoms with E-state index in [4.69, 9.17) is 17.2 Å². The highest BCUT2D eigenvalue weighted by molar-refractivity contribution is 7.80. The van der Waals surface area contributed by atoms with E-state index in [1.54, 1.807) is 0 Å². The second-order valence-corrected chi connectivity index (χ2v) is 8.67. The zero-order valence-corrected chi connectivity index (χ0v) is 18.7. The van der Waals surface area contributed by atoms with Gasteiger partial charge in [-0.3, -0.25) is 0 Å². The Labute approximate surface area is 176 Å². The summed E-state index contributed by atoms with van der Waals surface area (Å²) in [6, 6.07) is 8.96. The number of nitrogens with zero attached hydrogens (tertiary/aromatic N) is 3. The summed E-state index contributed by atoms with van der Waals surface area (Å²) in [6.07, 6.45) is 7.12. The van der Waals surface area contributed by atoms with E-state index in [1.165, 1.54) is 47.1 Å². The van der Waals surface area contributed by atoms with Crippen LogP contribution >= 0.6 is 12.2 Å². The molecular formula is C24H35N3S. The quantitative estimate of drug-likeness (QED) is 0.407. The van der Waals surface area contributed by atoms with Gasteiger partial charge >= 0.3 is 0 Å². The lowest BCUT2D eigenvalue weighted by atomic mass is 10.0. The molecule has 0 spiro atoms. The molecule has 1 saturated heterocycles. The normalized spacial score (nSPS) is 15.3. The van der Waals surface area contributed by atoms with Crippen LogP contribution in [-0.4, -0.2) is 47.5 Å². The molecule has 1 aromatic heterocycles. The van der Waals surface area contributed by atoms with Crippen LogP contribution in [0.15, 0.2) is 24.3 Å². The number of pyridine rings is 1. The summed E-state index contributed by atoms with van der Waals surface area (Å²) >= 11 is 5.64. The molecule has 0 radical (unpaired) electrons. The van der Waals surface area contributed by atoms with Crippen molar-refractivity contribution in [3.05, 3.63) is 35.4 Å². The minimum Gasteiger partial charge on any atom is -0.354 e. The molecule has 0 atom stereocenters. The second kappa shape index (κ2) is 10.3. The lowest BCUT2D eigenvalue weighted by Gasteiger charge is -2.35. The van der Waals surface area contributed by atoms with Crippen LogP contribution in [0.3, 0.4) is 0 Å². The van der Waals surface area contributed by atoms with E-state index in [2.05, 4.69) is 54.8 Å². The number of thiocarbonyl (C=S) groups is 1. The topological polar surface area (TPSA) is 19.4 Å². The number of rotatable bonds is 9. The largest absolute Gasteiger partial charge is 0.354 e. The molecule has 28 heavy (non-hydrogen) atoms. The molecule has 1 aromatic carbocycles. The van der Waals surface area contributed by atoms with E-state index in [9.17, 15) is 0 Å². The number of hydrogen-bond donors (Lipinski definition) is 0. The van der Waals surface area contributed by atoms with E-state index >= 15 is 0 Å². The molecule has 2 heterocycles. The van der Waals surface area contributed by atoms with E-state index in [0.29, 0.717) is 0 Å². The SMILES string of the molecule is CCCCCCC(=S)Cc1ccc2nc(N3CCN(CC)CC3)cc(C)c2c1. The Morgan fingerprint density at radius 3 is 2.54 bits per heavy atom. The minimum atomic E-state index is 0.914. The van der Waals surface area contributed by atoms with E-state index in [1.807, 2.05) is 0 Å². The maximum atomic E-state index is 5.64. The van der Waals surface area contributed by atoms with Crippen molar-refractivity contribution in [3.8, 4) is 0 Å². The van der Waals surface area contributed by atoms with Gasteiger partial charge in [-0.15, -0.1) is 0 Å². The predicted molar refractivity (Wildman–Crippen MR) is 126 cm³/mol. The monoisotopic (exact) mass is 397 g/mol. The highest BCUT2D eigenvalue weighted by Crippen LogP contribution is 2.25. The third-order valence-corrected chi connectivity index (χ3v) is 6.27. The predicted octanol–water partition coefficient (Wildman–Crippen LogP) is 5.57. The minimum absolute atomic E-state index is 0.914. The Morgan fingerprint density at radius 2 is 1.82 bits per heavy atom. The molecule has 0 unspecified atom stereocenters.